The van der Waals surface area contributed by atoms with E-state index in [9.17, 15) is 13.6 Å². The van der Waals surface area contributed by atoms with E-state index in [0.717, 1.165) is 17.0 Å². The average Bonchev–Trinajstić information content (AvgIpc) is 3.23. The van der Waals surface area contributed by atoms with Crippen molar-refractivity contribution in [1.29, 1.82) is 0 Å². The fourth-order valence-corrected chi connectivity index (χ4v) is 3.41. The molecule has 24 heavy (non-hydrogen) atoms. The molecule has 1 saturated carbocycles. The maximum atomic E-state index is 14.0. The first-order chi connectivity index (χ1) is 11.4. The highest BCUT2D eigenvalue weighted by atomic mass is 19.1. The zero-order valence-electron chi connectivity index (χ0n) is 14.0. The molecule has 0 saturated heterocycles. The standard InChI is InChI=1S/C18H21F2N3O/c1-10(15-11(2)22-23-12(15)3)17(24)21-9-18(7-8-18)16-13(19)5-4-6-14(16)20/h4-6,10H,7-9H2,1-3H3,(H,21,24)(H,22,23). The van der Waals surface area contributed by atoms with Crippen LogP contribution in [0.1, 0.15) is 48.2 Å². The van der Waals surface area contributed by atoms with Crippen LogP contribution in [0, 0.1) is 25.5 Å². The molecule has 1 heterocycles. The number of rotatable bonds is 5. The molecule has 4 nitrogen and oxygen atoms in total. The number of nitrogens with one attached hydrogen (secondary N) is 2. The Bertz CT molecular complexity index is 741. The summed E-state index contributed by atoms with van der Waals surface area (Å²) in [4.78, 5) is 12.5. The van der Waals surface area contributed by atoms with Gasteiger partial charge in [0, 0.05) is 28.8 Å². The predicted molar refractivity (Wildman–Crippen MR) is 86.8 cm³/mol. The van der Waals surface area contributed by atoms with E-state index in [4.69, 9.17) is 0 Å². The van der Waals surface area contributed by atoms with E-state index in [-0.39, 0.29) is 23.9 Å². The van der Waals surface area contributed by atoms with Gasteiger partial charge in [0.1, 0.15) is 11.6 Å². The minimum absolute atomic E-state index is 0.0913. The van der Waals surface area contributed by atoms with Crippen LogP contribution in [0.3, 0.4) is 0 Å². The van der Waals surface area contributed by atoms with Gasteiger partial charge in [-0.2, -0.15) is 5.10 Å². The molecule has 1 amide bonds. The molecule has 0 spiro atoms. The second-order valence-corrected chi connectivity index (χ2v) is 6.66. The summed E-state index contributed by atoms with van der Waals surface area (Å²) < 4.78 is 28.1. The summed E-state index contributed by atoms with van der Waals surface area (Å²) in [6.07, 6.45) is 1.34. The van der Waals surface area contributed by atoms with Gasteiger partial charge < -0.3 is 5.32 Å². The molecule has 0 bridgehead atoms. The number of halogens is 2. The molecule has 6 heteroatoms. The Morgan fingerprint density at radius 1 is 1.33 bits per heavy atom. The van der Waals surface area contributed by atoms with Gasteiger partial charge in [-0.1, -0.05) is 6.07 Å². The van der Waals surface area contributed by atoms with Crippen molar-refractivity contribution < 1.29 is 13.6 Å². The summed E-state index contributed by atoms with van der Waals surface area (Å²) in [6, 6.07) is 3.89. The van der Waals surface area contributed by atoms with Crippen LogP contribution in [0.5, 0.6) is 0 Å². The summed E-state index contributed by atoms with van der Waals surface area (Å²) in [6.45, 7) is 5.77. The summed E-state index contributed by atoms with van der Waals surface area (Å²) in [5, 5.41) is 9.84. The molecule has 2 N–H and O–H groups in total. The number of carbonyl (C=O) groups excluding carboxylic acids is 1. The van der Waals surface area contributed by atoms with Crippen molar-refractivity contribution in [2.75, 3.05) is 6.54 Å². The first-order valence-corrected chi connectivity index (χ1v) is 8.09. The molecular weight excluding hydrogens is 312 g/mol. The number of carbonyl (C=O) groups is 1. The molecule has 3 rings (SSSR count). The van der Waals surface area contributed by atoms with E-state index in [1.165, 1.54) is 18.2 Å². The van der Waals surface area contributed by atoms with Crippen molar-refractivity contribution in [3.8, 4) is 0 Å². The number of aryl methyl sites for hydroxylation is 2. The molecular formula is C18H21F2N3O. The van der Waals surface area contributed by atoms with Crippen molar-refractivity contribution in [2.45, 2.75) is 44.9 Å². The van der Waals surface area contributed by atoms with Crippen LogP contribution in [0.2, 0.25) is 0 Å². The fourth-order valence-electron chi connectivity index (χ4n) is 3.41. The minimum atomic E-state index is -0.620. The van der Waals surface area contributed by atoms with Gasteiger partial charge >= 0.3 is 0 Å². The van der Waals surface area contributed by atoms with E-state index < -0.39 is 17.0 Å². The molecule has 1 fully saturated rings. The topological polar surface area (TPSA) is 57.8 Å². The molecule has 1 unspecified atom stereocenters. The van der Waals surface area contributed by atoms with Crippen LogP contribution in [0.25, 0.3) is 0 Å². The Balaban J connectivity index is 1.73. The zero-order chi connectivity index (χ0) is 17.5. The van der Waals surface area contributed by atoms with Crippen LogP contribution in [-0.2, 0) is 10.2 Å². The Morgan fingerprint density at radius 3 is 2.46 bits per heavy atom. The Labute approximate surface area is 139 Å². The van der Waals surface area contributed by atoms with Gasteiger partial charge in [-0.15, -0.1) is 0 Å². The van der Waals surface area contributed by atoms with E-state index in [0.29, 0.717) is 12.8 Å². The van der Waals surface area contributed by atoms with Crippen molar-refractivity contribution in [3.05, 3.63) is 52.3 Å². The Hall–Kier alpha value is -2.24. The Morgan fingerprint density at radius 2 is 1.96 bits per heavy atom. The fraction of sp³-hybridized carbons (Fsp3) is 0.444. The first-order valence-electron chi connectivity index (χ1n) is 8.09. The molecule has 0 radical (unpaired) electrons. The van der Waals surface area contributed by atoms with Crippen molar-refractivity contribution in [2.24, 2.45) is 0 Å². The normalized spacial score (nSPS) is 16.7. The smallest absolute Gasteiger partial charge is 0.227 e. The van der Waals surface area contributed by atoms with Crippen LogP contribution in [0.4, 0.5) is 8.78 Å². The number of nitrogens with zero attached hydrogens (tertiary/aromatic N) is 1. The van der Waals surface area contributed by atoms with Crippen LogP contribution >= 0.6 is 0 Å². The molecule has 1 aliphatic carbocycles. The SMILES string of the molecule is Cc1n[nH]c(C)c1C(C)C(=O)NCC1(c2c(F)cccc2F)CC1. The lowest BCUT2D eigenvalue weighted by Gasteiger charge is -2.20. The van der Waals surface area contributed by atoms with E-state index in [2.05, 4.69) is 15.5 Å². The predicted octanol–water partition coefficient (Wildman–Crippen LogP) is 3.26. The van der Waals surface area contributed by atoms with Gasteiger partial charge in [0.05, 0.1) is 11.6 Å². The Kier molecular flexibility index (Phi) is 4.15. The van der Waals surface area contributed by atoms with Gasteiger partial charge in [-0.05, 0) is 45.7 Å². The lowest BCUT2D eigenvalue weighted by molar-refractivity contribution is -0.122. The van der Waals surface area contributed by atoms with Crippen molar-refractivity contribution >= 4 is 5.91 Å². The van der Waals surface area contributed by atoms with Gasteiger partial charge in [0.25, 0.3) is 0 Å². The number of amides is 1. The first kappa shape index (κ1) is 16.6. The van der Waals surface area contributed by atoms with Crippen molar-refractivity contribution in [1.82, 2.24) is 15.5 Å². The number of aromatic nitrogens is 2. The number of benzene rings is 1. The second kappa shape index (κ2) is 6.00. The third kappa shape index (κ3) is 2.81. The molecule has 0 aliphatic heterocycles. The highest BCUT2D eigenvalue weighted by molar-refractivity contribution is 5.84. The quantitative estimate of drug-likeness (QED) is 0.882. The average molecular weight is 333 g/mol. The van der Waals surface area contributed by atoms with Crippen molar-refractivity contribution in [3.63, 3.8) is 0 Å². The van der Waals surface area contributed by atoms with Crippen LogP contribution in [-0.4, -0.2) is 22.6 Å². The van der Waals surface area contributed by atoms with E-state index in [1.54, 1.807) is 0 Å². The van der Waals surface area contributed by atoms with E-state index in [1.807, 2.05) is 20.8 Å². The highest BCUT2D eigenvalue weighted by Gasteiger charge is 2.48. The number of H-pyrrole nitrogens is 1. The molecule has 1 aliphatic rings. The van der Waals surface area contributed by atoms with Gasteiger partial charge in [-0.3, -0.25) is 9.89 Å². The third-order valence-corrected chi connectivity index (χ3v) is 4.96. The minimum Gasteiger partial charge on any atom is -0.355 e. The lowest BCUT2D eigenvalue weighted by atomic mass is 9.93. The number of hydrogen-bond acceptors (Lipinski definition) is 2. The number of hydrogen-bond donors (Lipinski definition) is 2. The third-order valence-electron chi connectivity index (χ3n) is 4.96. The molecule has 1 aromatic heterocycles. The zero-order valence-corrected chi connectivity index (χ0v) is 14.0. The number of aromatic amines is 1. The van der Waals surface area contributed by atoms with Gasteiger partial charge in [0.15, 0.2) is 0 Å². The largest absolute Gasteiger partial charge is 0.355 e. The summed E-state index contributed by atoms with van der Waals surface area (Å²) in [5.74, 6) is -1.62. The monoisotopic (exact) mass is 333 g/mol. The summed E-state index contributed by atoms with van der Waals surface area (Å²) in [7, 11) is 0. The molecule has 1 atom stereocenters. The highest BCUT2D eigenvalue weighted by Crippen LogP contribution is 2.49. The summed E-state index contributed by atoms with van der Waals surface area (Å²) >= 11 is 0. The van der Waals surface area contributed by atoms with Crippen LogP contribution in [0.15, 0.2) is 18.2 Å². The van der Waals surface area contributed by atoms with E-state index >= 15 is 0 Å². The second-order valence-electron chi connectivity index (χ2n) is 6.66. The molecule has 128 valence electrons. The maximum absolute atomic E-state index is 14.0. The molecule has 1 aromatic carbocycles. The van der Waals surface area contributed by atoms with Gasteiger partial charge in [-0.25, -0.2) is 8.78 Å². The molecule has 2 aromatic rings. The summed E-state index contributed by atoms with van der Waals surface area (Å²) in [5.41, 5.74) is 1.99. The van der Waals surface area contributed by atoms with Crippen LogP contribution < -0.4 is 5.32 Å². The maximum Gasteiger partial charge on any atom is 0.227 e. The van der Waals surface area contributed by atoms with Gasteiger partial charge in [0.2, 0.25) is 5.91 Å². The lowest BCUT2D eigenvalue weighted by Crippen LogP contribution is -2.36.